The van der Waals surface area contributed by atoms with Crippen LogP contribution in [0.3, 0.4) is 0 Å². The van der Waals surface area contributed by atoms with E-state index in [4.69, 9.17) is 0 Å². The summed E-state index contributed by atoms with van der Waals surface area (Å²) in [5.41, 5.74) is 1.68. The normalized spacial score (nSPS) is 18.2. The second-order valence-electron chi connectivity index (χ2n) is 4.81. The summed E-state index contributed by atoms with van der Waals surface area (Å²) in [6.45, 7) is 6.27. The molecule has 0 N–H and O–H groups in total. The predicted octanol–water partition coefficient (Wildman–Crippen LogP) is 2.57. The summed E-state index contributed by atoms with van der Waals surface area (Å²) in [6.07, 6.45) is 0.948. The molecule has 1 aliphatic heterocycles. The van der Waals surface area contributed by atoms with E-state index < -0.39 is 0 Å². The van der Waals surface area contributed by atoms with Gasteiger partial charge in [-0.2, -0.15) is 0 Å². The van der Waals surface area contributed by atoms with Crippen LogP contribution in [0.15, 0.2) is 24.3 Å². The standard InChI is InChI=1S/C15H20N2O2/c1-4-14(18)16-10-11(3)17(15(19)5-2)13-9-7-6-8-12(13)16/h6-9,11H,4-5,10H2,1-3H3. The quantitative estimate of drug-likeness (QED) is 0.820. The van der Waals surface area contributed by atoms with Crippen LogP contribution >= 0.6 is 0 Å². The number of anilines is 2. The van der Waals surface area contributed by atoms with E-state index in [0.717, 1.165) is 11.4 Å². The van der Waals surface area contributed by atoms with Crippen LogP contribution in [0.1, 0.15) is 33.6 Å². The lowest BCUT2D eigenvalue weighted by atomic mass is 10.1. The largest absolute Gasteiger partial charge is 0.308 e. The maximum Gasteiger partial charge on any atom is 0.227 e. The average Bonchev–Trinajstić information content (AvgIpc) is 2.44. The molecule has 0 saturated heterocycles. The second kappa shape index (κ2) is 5.43. The molecule has 1 aliphatic rings. The van der Waals surface area contributed by atoms with E-state index in [9.17, 15) is 9.59 Å². The monoisotopic (exact) mass is 260 g/mol. The number of hydrogen-bond donors (Lipinski definition) is 0. The van der Waals surface area contributed by atoms with Crippen molar-refractivity contribution < 1.29 is 9.59 Å². The molecule has 19 heavy (non-hydrogen) atoms. The maximum atomic E-state index is 12.1. The van der Waals surface area contributed by atoms with Crippen LogP contribution in [-0.2, 0) is 9.59 Å². The zero-order valence-electron chi connectivity index (χ0n) is 11.7. The predicted molar refractivity (Wildman–Crippen MR) is 76.3 cm³/mol. The first-order valence-corrected chi connectivity index (χ1v) is 6.81. The molecule has 0 saturated carbocycles. The van der Waals surface area contributed by atoms with Crippen molar-refractivity contribution in [1.82, 2.24) is 0 Å². The molecule has 0 radical (unpaired) electrons. The van der Waals surface area contributed by atoms with Crippen LogP contribution in [0.2, 0.25) is 0 Å². The number of para-hydroxylation sites is 2. The highest BCUT2D eigenvalue weighted by molar-refractivity contribution is 6.04. The molecular formula is C15H20N2O2. The number of carbonyl (C=O) groups excluding carboxylic acids is 2. The number of benzene rings is 1. The van der Waals surface area contributed by atoms with Crippen LogP contribution in [0, 0.1) is 0 Å². The van der Waals surface area contributed by atoms with E-state index in [1.54, 1.807) is 4.90 Å². The van der Waals surface area contributed by atoms with Gasteiger partial charge >= 0.3 is 0 Å². The first-order chi connectivity index (χ1) is 9.10. The van der Waals surface area contributed by atoms with E-state index in [2.05, 4.69) is 0 Å². The van der Waals surface area contributed by atoms with Gasteiger partial charge in [-0.1, -0.05) is 26.0 Å². The van der Waals surface area contributed by atoms with Crippen molar-refractivity contribution in [1.29, 1.82) is 0 Å². The topological polar surface area (TPSA) is 40.6 Å². The Morgan fingerprint density at radius 3 is 2.26 bits per heavy atom. The molecule has 2 amide bonds. The van der Waals surface area contributed by atoms with Gasteiger partial charge in [-0.15, -0.1) is 0 Å². The van der Waals surface area contributed by atoms with Crippen molar-refractivity contribution in [2.75, 3.05) is 16.3 Å². The molecule has 2 rings (SSSR count). The highest BCUT2D eigenvalue weighted by atomic mass is 16.2. The number of amides is 2. The van der Waals surface area contributed by atoms with Gasteiger partial charge in [0.05, 0.1) is 17.4 Å². The summed E-state index contributed by atoms with van der Waals surface area (Å²) in [4.78, 5) is 27.8. The van der Waals surface area contributed by atoms with Crippen molar-refractivity contribution in [2.45, 2.75) is 39.7 Å². The Balaban J connectivity index is 2.48. The highest BCUT2D eigenvalue weighted by Crippen LogP contribution is 2.35. The molecule has 1 unspecified atom stereocenters. The van der Waals surface area contributed by atoms with Gasteiger partial charge in [-0.3, -0.25) is 9.59 Å². The van der Waals surface area contributed by atoms with E-state index in [1.807, 2.05) is 49.9 Å². The van der Waals surface area contributed by atoms with Crippen LogP contribution in [0.4, 0.5) is 11.4 Å². The summed E-state index contributed by atoms with van der Waals surface area (Å²) in [5, 5.41) is 0. The van der Waals surface area contributed by atoms with Gasteiger partial charge in [-0.05, 0) is 19.1 Å². The van der Waals surface area contributed by atoms with Crippen LogP contribution in [0.25, 0.3) is 0 Å². The molecule has 1 aromatic carbocycles. The molecule has 0 fully saturated rings. The van der Waals surface area contributed by atoms with Crippen LogP contribution in [0.5, 0.6) is 0 Å². The fourth-order valence-corrected chi connectivity index (χ4v) is 2.56. The minimum atomic E-state index is 0.0119. The third-order valence-electron chi connectivity index (χ3n) is 3.49. The molecule has 102 valence electrons. The Bertz CT molecular complexity index is 499. The fraction of sp³-hybridized carbons (Fsp3) is 0.467. The summed E-state index contributed by atoms with van der Waals surface area (Å²) in [6, 6.07) is 7.64. The zero-order valence-corrected chi connectivity index (χ0v) is 11.7. The Morgan fingerprint density at radius 1 is 1.11 bits per heavy atom. The summed E-state index contributed by atoms with van der Waals surface area (Å²) in [7, 11) is 0. The number of carbonyl (C=O) groups is 2. The van der Waals surface area contributed by atoms with Crippen LogP contribution in [-0.4, -0.2) is 24.4 Å². The van der Waals surface area contributed by atoms with Gasteiger partial charge in [-0.25, -0.2) is 0 Å². The fourth-order valence-electron chi connectivity index (χ4n) is 2.56. The van der Waals surface area contributed by atoms with Gasteiger partial charge in [0, 0.05) is 19.4 Å². The van der Waals surface area contributed by atoms with Gasteiger partial charge in [0.25, 0.3) is 0 Å². The lowest BCUT2D eigenvalue weighted by molar-refractivity contribution is -0.120. The van der Waals surface area contributed by atoms with Crippen molar-refractivity contribution in [3.05, 3.63) is 24.3 Å². The molecule has 0 aromatic heterocycles. The van der Waals surface area contributed by atoms with E-state index >= 15 is 0 Å². The number of fused-ring (bicyclic) bond motifs is 1. The third kappa shape index (κ3) is 2.35. The van der Waals surface area contributed by atoms with Gasteiger partial charge < -0.3 is 9.80 Å². The molecule has 0 spiro atoms. The number of hydrogen-bond acceptors (Lipinski definition) is 2. The van der Waals surface area contributed by atoms with E-state index in [0.29, 0.717) is 19.4 Å². The lowest BCUT2D eigenvalue weighted by Gasteiger charge is -2.41. The van der Waals surface area contributed by atoms with E-state index in [-0.39, 0.29) is 17.9 Å². The van der Waals surface area contributed by atoms with Gasteiger partial charge in [0.15, 0.2) is 0 Å². The molecule has 4 nitrogen and oxygen atoms in total. The molecule has 0 bridgehead atoms. The van der Waals surface area contributed by atoms with Crippen molar-refractivity contribution in [3.8, 4) is 0 Å². The maximum absolute atomic E-state index is 12.1. The number of rotatable bonds is 2. The smallest absolute Gasteiger partial charge is 0.227 e. The average molecular weight is 260 g/mol. The summed E-state index contributed by atoms with van der Waals surface area (Å²) >= 11 is 0. The molecule has 4 heteroatoms. The Labute approximate surface area is 114 Å². The zero-order chi connectivity index (χ0) is 14.0. The number of nitrogens with zero attached hydrogens (tertiary/aromatic N) is 2. The SMILES string of the molecule is CCC(=O)N1CC(C)N(C(=O)CC)c2ccccc21. The Kier molecular flexibility index (Phi) is 3.88. The summed E-state index contributed by atoms with van der Waals surface area (Å²) < 4.78 is 0. The van der Waals surface area contributed by atoms with E-state index in [1.165, 1.54) is 0 Å². The molecule has 0 aliphatic carbocycles. The third-order valence-corrected chi connectivity index (χ3v) is 3.49. The Hall–Kier alpha value is -1.84. The molecular weight excluding hydrogens is 240 g/mol. The first kappa shape index (κ1) is 13.6. The first-order valence-electron chi connectivity index (χ1n) is 6.81. The highest BCUT2D eigenvalue weighted by Gasteiger charge is 2.33. The minimum Gasteiger partial charge on any atom is -0.308 e. The van der Waals surface area contributed by atoms with Crippen molar-refractivity contribution in [3.63, 3.8) is 0 Å². The van der Waals surface area contributed by atoms with Crippen molar-refractivity contribution >= 4 is 23.2 Å². The molecule has 1 atom stereocenters. The van der Waals surface area contributed by atoms with Crippen molar-refractivity contribution in [2.24, 2.45) is 0 Å². The second-order valence-corrected chi connectivity index (χ2v) is 4.81. The van der Waals surface area contributed by atoms with Gasteiger partial charge in [0.1, 0.15) is 0 Å². The lowest BCUT2D eigenvalue weighted by Crippen LogP contribution is -2.51. The minimum absolute atomic E-state index is 0.0119. The summed E-state index contributed by atoms with van der Waals surface area (Å²) in [5.74, 6) is 0.200. The molecule has 1 heterocycles. The van der Waals surface area contributed by atoms with Crippen LogP contribution < -0.4 is 9.80 Å². The molecule has 1 aromatic rings. The Morgan fingerprint density at radius 2 is 1.68 bits per heavy atom. The van der Waals surface area contributed by atoms with Gasteiger partial charge in [0.2, 0.25) is 11.8 Å².